The predicted molar refractivity (Wildman–Crippen MR) is 122 cm³/mol. The van der Waals surface area contributed by atoms with E-state index in [0.29, 0.717) is 28.1 Å². The van der Waals surface area contributed by atoms with E-state index >= 15 is 0 Å². The highest BCUT2D eigenvalue weighted by molar-refractivity contribution is 7.22. The number of nitrogens with one attached hydrogen (secondary N) is 1. The van der Waals surface area contributed by atoms with Crippen LogP contribution in [0, 0.1) is 0 Å². The normalized spacial score (nSPS) is 11.0. The topological polar surface area (TPSA) is 74.8 Å². The second kappa shape index (κ2) is 9.88. The lowest BCUT2D eigenvalue weighted by atomic mass is 10.3. The van der Waals surface area contributed by atoms with Crippen LogP contribution < -0.4 is 15.0 Å². The molecule has 0 fully saturated rings. The summed E-state index contributed by atoms with van der Waals surface area (Å²) in [5.41, 5.74) is 1.35. The molecule has 0 spiro atoms. The molecule has 0 atom stereocenters. The van der Waals surface area contributed by atoms with Gasteiger partial charge in [0.25, 0.3) is 0 Å². The number of benzene rings is 2. The van der Waals surface area contributed by atoms with Gasteiger partial charge in [0.1, 0.15) is 5.75 Å². The summed E-state index contributed by atoms with van der Waals surface area (Å²) in [6, 6.07) is 12.8. The van der Waals surface area contributed by atoms with Gasteiger partial charge in [-0.05, 0) is 44.3 Å². The lowest BCUT2D eigenvalue weighted by Crippen LogP contribution is -2.41. The Morgan fingerprint density at radius 3 is 2.67 bits per heavy atom. The highest BCUT2D eigenvalue weighted by Gasteiger charge is 2.20. The zero-order chi connectivity index (χ0) is 21.7. The van der Waals surface area contributed by atoms with E-state index in [4.69, 9.17) is 16.3 Å². The zero-order valence-corrected chi connectivity index (χ0v) is 18.6. The van der Waals surface area contributed by atoms with Crippen molar-refractivity contribution in [3.05, 3.63) is 47.5 Å². The van der Waals surface area contributed by atoms with Crippen LogP contribution in [0.4, 0.5) is 10.8 Å². The first kappa shape index (κ1) is 22.0. The van der Waals surface area contributed by atoms with Gasteiger partial charge in [0.05, 0.1) is 36.1 Å². The smallest absolute Gasteiger partial charge is 0.242 e. The van der Waals surface area contributed by atoms with E-state index in [1.807, 2.05) is 31.2 Å². The van der Waals surface area contributed by atoms with E-state index in [1.54, 1.807) is 35.0 Å². The summed E-state index contributed by atoms with van der Waals surface area (Å²) in [5, 5.41) is 3.92. The van der Waals surface area contributed by atoms with Gasteiger partial charge in [-0.3, -0.25) is 19.4 Å². The molecular weight excluding hydrogens is 424 g/mol. The van der Waals surface area contributed by atoms with Crippen LogP contribution in [0.1, 0.15) is 6.92 Å². The third kappa shape index (κ3) is 5.27. The highest BCUT2D eigenvalue weighted by atomic mass is 35.5. The van der Waals surface area contributed by atoms with Crippen molar-refractivity contribution in [2.45, 2.75) is 6.92 Å². The monoisotopic (exact) mass is 446 g/mol. The fourth-order valence-corrected chi connectivity index (χ4v) is 4.20. The number of anilines is 2. The fraction of sp³-hybridized carbons (Fsp3) is 0.286. The van der Waals surface area contributed by atoms with Gasteiger partial charge in [0.2, 0.25) is 11.8 Å². The Bertz CT molecular complexity index is 1020. The summed E-state index contributed by atoms with van der Waals surface area (Å²) in [6.45, 7) is 2.53. The maximum atomic E-state index is 12.8. The Morgan fingerprint density at radius 1 is 1.20 bits per heavy atom. The van der Waals surface area contributed by atoms with Gasteiger partial charge in [-0.15, -0.1) is 0 Å². The van der Waals surface area contributed by atoms with Gasteiger partial charge in [-0.25, -0.2) is 4.98 Å². The van der Waals surface area contributed by atoms with Crippen molar-refractivity contribution in [1.82, 2.24) is 9.88 Å². The fourth-order valence-electron chi connectivity index (χ4n) is 2.98. The molecule has 0 aliphatic heterocycles. The number of hydrogen-bond donors (Lipinski definition) is 1. The number of ether oxygens (including phenoxy) is 1. The van der Waals surface area contributed by atoms with E-state index in [2.05, 4.69) is 10.3 Å². The molecule has 0 saturated carbocycles. The molecule has 0 bridgehead atoms. The van der Waals surface area contributed by atoms with E-state index < -0.39 is 0 Å². The van der Waals surface area contributed by atoms with Crippen molar-refractivity contribution < 1.29 is 14.3 Å². The number of thiazole rings is 1. The minimum absolute atomic E-state index is 0.0405. The minimum Gasteiger partial charge on any atom is -0.495 e. The molecule has 1 aromatic heterocycles. The van der Waals surface area contributed by atoms with Crippen molar-refractivity contribution in [3.63, 3.8) is 0 Å². The maximum Gasteiger partial charge on any atom is 0.242 e. The molecule has 0 radical (unpaired) electrons. The van der Waals surface area contributed by atoms with Crippen LogP contribution in [-0.2, 0) is 9.59 Å². The van der Waals surface area contributed by atoms with Crippen LogP contribution in [0.3, 0.4) is 0 Å². The molecule has 2 aromatic carbocycles. The highest BCUT2D eigenvalue weighted by Crippen LogP contribution is 2.29. The number of para-hydroxylation sites is 1. The summed E-state index contributed by atoms with van der Waals surface area (Å²) in [6.07, 6.45) is 0. The number of halogens is 1. The molecule has 0 aliphatic carbocycles. The summed E-state index contributed by atoms with van der Waals surface area (Å²) in [5.74, 6) is 0.126. The van der Waals surface area contributed by atoms with Crippen molar-refractivity contribution >= 4 is 55.8 Å². The molecule has 1 N–H and O–H groups in total. The van der Waals surface area contributed by atoms with Gasteiger partial charge < -0.3 is 10.1 Å². The Hall–Kier alpha value is -2.68. The third-order valence-corrected chi connectivity index (χ3v) is 5.68. The van der Waals surface area contributed by atoms with Crippen molar-refractivity contribution in [2.24, 2.45) is 0 Å². The molecule has 0 unspecified atom stereocenters. The van der Waals surface area contributed by atoms with E-state index in [1.165, 1.54) is 18.4 Å². The number of carbonyl (C=O) groups excluding carboxylic acids is 2. The molecule has 0 saturated heterocycles. The molecule has 158 valence electrons. The number of methoxy groups -OCH3 is 1. The Balaban J connectivity index is 1.61. The summed E-state index contributed by atoms with van der Waals surface area (Å²) in [4.78, 5) is 33.1. The number of aromatic nitrogens is 1. The van der Waals surface area contributed by atoms with Crippen LogP contribution in [0.5, 0.6) is 5.75 Å². The first-order valence-corrected chi connectivity index (χ1v) is 10.6. The summed E-state index contributed by atoms with van der Waals surface area (Å²) >= 11 is 7.47. The standard InChI is InChI=1S/C21H23ClN4O3S/c1-4-26(21-24-15-7-5-6-8-18(15)30-21)20(28)13-25(2)12-19(27)23-16-11-14(22)9-10-17(16)29-3/h5-11H,4,12-13H2,1-3H3,(H,23,27). The van der Waals surface area contributed by atoms with Crippen LogP contribution in [0.2, 0.25) is 5.02 Å². The number of carbonyl (C=O) groups is 2. The predicted octanol–water partition coefficient (Wildman–Crippen LogP) is 3.88. The maximum absolute atomic E-state index is 12.8. The van der Waals surface area contributed by atoms with Gasteiger partial charge in [-0.1, -0.05) is 35.1 Å². The number of likely N-dealkylation sites (N-methyl/N-ethyl adjacent to an activating group) is 2. The molecule has 9 heteroatoms. The Labute approximate surface area is 184 Å². The number of amides is 2. The third-order valence-electron chi connectivity index (χ3n) is 4.39. The molecule has 1 heterocycles. The number of hydrogen-bond acceptors (Lipinski definition) is 6. The van der Waals surface area contributed by atoms with E-state index in [0.717, 1.165) is 10.2 Å². The first-order valence-electron chi connectivity index (χ1n) is 9.39. The van der Waals surface area contributed by atoms with Gasteiger partial charge >= 0.3 is 0 Å². The average Bonchev–Trinajstić information content (AvgIpc) is 3.12. The Kier molecular flexibility index (Phi) is 7.25. The zero-order valence-electron chi connectivity index (χ0n) is 17.0. The van der Waals surface area contributed by atoms with Crippen molar-refractivity contribution in [3.8, 4) is 5.75 Å². The molecule has 30 heavy (non-hydrogen) atoms. The average molecular weight is 447 g/mol. The van der Waals surface area contributed by atoms with Gasteiger partial charge in [0, 0.05) is 11.6 Å². The summed E-state index contributed by atoms with van der Waals surface area (Å²) in [7, 11) is 3.24. The van der Waals surface area contributed by atoms with Gasteiger partial charge in [-0.2, -0.15) is 0 Å². The molecule has 7 nitrogen and oxygen atoms in total. The quantitative estimate of drug-likeness (QED) is 0.568. The minimum atomic E-state index is -0.270. The lowest BCUT2D eigenvalue weighted by molar-refractivity contribution is -0.121. The molecule has 0 aliphatic rings. The lowest BCUT2D eigenvalue weighted by Gasteiger charge is -2.22. The van der Waals surface area contributed by atoms with Crippen LogP contribution in [-0.4, -0.2) is 55.5 Å². The molecular formula is C21H23ClN4O3S. The first-order chi connectivity index (χ1) is 14.4. The second-order valence-electron chi connectivity index (χ2n) is 6.67. The van der Waals surface area contributed by atoms with Crippen LogP contribution in [0.15, 0.2) is 42.5 Å². The van der Waals surface area contributed by atoms with Crippen molar-refractivity contribution in [2.75, 3.05) is 44.0 Å². The van der Waals surface area contributed by atoms with Crippen LogP contribution >= 0.6 is 22.9 Å². The van der Waals surface area contributed by atoms with E-state index in [9.17, 15) is 9.59 Å². The largest absolute Gasteiger partial charge is 0.495 e. The number of fused-ring (bicyclic) bond motifs is 1. The Morgan fingerprint density at radius 2 is 1.97 bits per heavy atom. The van der Waals surface area contributed by atoms with E-state index in [-0.39, 0.29) is 24.9 Å². The second-order valence-corrected chi connectivity index (χ2v) is 8.11. The van der Waals surface area contributed by atoms with Gasteiger partial charge in [0.15, 0.2) is 5.13 Å². The number of rotatable bonds is 8. The molecule has 3 aromatic rings. The van der Waals surface area contributed by atoms with Crippen LogP contribution in [0.25, 0.3) is 10.2 Å². The van der Waals surface area contributed by atoms with Crippen molar-refractivity contribution in [1.29, 1.82) is 0 Å². The summed E-state index contributed by atoms with van der Waals surface area (Å²) < 4.78 is 6.27. The molecule has 3 rings (SSSR count). The molecule has 2 amide bonds. The SMILES string of the molecule is CCN(C(=O)CN(C)CC(=O)Nc1cc(Cl)ccc1OC)c1nc2ccccc2s1. The number of nitrogens with zero attached hydrogens (tertiary/aromatic N) is 3.